The summed E-state index contributed by atoms with van der Waals surface area (Å²) in [6, 6.07) is 11.4. The highest BCUT2D eigenvalue weighted by atomic mass is 19.3. The molecule has 3 rings (SSSR count). The Morgan fingerprint density at radius 3 is 2.55 bits per heavy atom. The fourth-order valence-electron chi connectivity index (χ4n) is 3.09. The van der Waals surface area contributed by atoms with E-state index in [0.717, 1.165) is 49.7 Å². The Morgan fingerprint density at radius 2 is 1.90 bits per heavy atom. The highest BCUT2D eigenvalue weighted by molar-refractivity contribution is 6.06. The molecule has 1 aliphatic rings. The van der Waals surface area contributed by atoms with Crippen molar-refractivity contribution in [1.82, 2.24) is 4.90 Å². The van der Waals surface area contributed by atoms with E-state index in [1.807, 2.05) is 18.2 Å². The van der Waals surface area contributed by atoms with Crippen LogP contribution in [0, 0.1) is 0 Å². The number of hydrogen-bond acceptors (Lipinski definition) is 5. The molecule has 1 aliphatic heterocycles. The van der Waals surface area contributed by atoms with Gasteiger partial charge in [-0.15, -0.1) is 0 Å². The van der Waals surface area contributed by atoms with Crippen molar-refractivity contribution in [3.05, 3.63) is 65.2 Å². The molecule has 0 atom stereocenters. The highest BCUT2D eigenvalue weighted by Crippen LogP contribution is 2.23. The number of carbonyl (C=O) groups excluding carboxylic acids is 1. The van der Waals surface area contributed by atoms with Crippen LogP contribution in [0.3, 0.4) is 0 Å². The molecule has 0 radical (unpaired) electrons. The first-order valence-electron chi connectivity index (χ1n) is 9.29. The number of benzene rings is 2. The number of allylic oxidation sites excluding steroid dienone is 1. The maximum atomic E-state index is 12.4. The maximum Gasteiger partial charge on any atom is 0.387 e. The smallest absolute Gasteiger partial charge is 0.387 e. The molecule has 7 heteroatoms. The van der Waals surface area contributed by atoms with E-state index in [2.05, 4.69) is 9.64 Å². The van der Waals surface area contributed by atoms with Crippen LogP contribution in [0.25, 0.3) is 6.08 Å². The topological polar surface area (TPSA) is 48.0 Å². The number of methoxy groups -OCH3 is 1. The number of morpholine rings is 1. The van der Waals surface area contributed by atoms with Crippen molar-refractivity contribution < 1.29 is 27.8 Å². The van der Waals surface area contributed by atoms with Crippen LogP contribution in [-0.4, -0.2) is 50.7 Å². The summed E-state index contributed by atoms with van der Waals surface area (Å²) in [4.78, 5) is 14.6. The summed E-state index contributed by atoms with van der Waals surface area (Å²) >= 11 is 0. The van der Waals surface area contributed by atoms with Crippen molar-refractivity contribution in [2.24, 2.45) is 0 Å². The van der Waals surface area contributed by atoms with Gasteiger partial charge >= 0.3 is 6.61 Å². The molecule has 0 N–H and O–H groups in total. The van der Waals surface area contributed by atoms with Crippen LogP contribution < -0.4 is 9.47 Å². The average Bonchev–Trinajstić information content (AvgIpc) is 2.73. The monoisotopic (exact) mass is 403 g/mol. The first-order valence-corrected chi connectivity index (χ1v) is 9.29. The first-order chi connectivity index (χ1) is 14.0. The number of ether oxygens (including phenoxy) is 3. The lowest BCUT2D eigenvalue weighted by molar-refractivity contribution is -0.0498. The van der Waals surface area contributed by atoms with Gasteiger partial charge in [0.05, 0.1) is 20.3 Å². The largest absolute Gasteiger partial charge is 0.496 e. The molecule has 29 heavy (non-hydrogen) atoms. The van der Waals surface area contributed by atoms with Gasteiger partial charge in [0.1, 0.15) is 11.5 Å². The van der Waals surface area contributed by atoms with E-state index in [4.69, 9.17) is 9.47 Å². The predicted octanol–water partition coefficient (Wildman–Crippen LogP) is 4.02. The fourth-order valence-corrected chi connectivity index (χ4v) is 3.09. The SMILES string of the molecule is COc1ccc(/C=C/C(=O)c2ccc(OC(F)F)cc2)cc1CN1CCOCC1. The van der Waals surface area contributed by atoms with Crippen molar-refractivity contribution in [3.8, 4) is 11.5 Å². The van der Waals surface area contributed by atoms with Gasteiger partial charge in [-0.3, -0.25) is 9.69 Å². The van der Waals surface area contributed by atoms with Gasteiger partial charge in [0.2, 0.25) is 0 Å². The van der Waals surface area contributed by atoms with Gasteiger partial charge < -0.3 is 14.2 Å². The van der Waals surface area contributed by atoms with Crippen molar-refractivity contribution in [2.45, 2.75) is 13.2 Å². The van der Waals surface area contributed by atoms with Crippen molar-refractivity contribution in [2.75, 3.05) is 33.4 Å². The standard InChI is InChI=1S/C22H23F2NO4/c1-27-21-9-3-16(14-18(21)15-25-10-12-28-13-11-25)2-8-20(26)17-4-6-19(7-5-17)29-22(23)24/h2-9,14,22H,10-13,15H2,1H3/b8-2+. The van der Waals surface area contributed by atoms with Gasteiger partial charge in [0.25, 0.3) is 0 Å². The van der Waals surface area contributed by atoms with Crippen LogP contribution in [0.2, 0.25) is 0 Å². The third kappa shape index (κ3) is 6.10. The van der Waals surface area contributed by atoms with E-state index in [1.165, 1.54) is 30.3 Å². The Morgan fingerprint density at radius 1 is 1.17 bits per heavy atom. The fraction of sp³-hybridized carbons (Fsp3) is 0.318. The molecule has 1 saturated heterocycles. The predicted molar refractivity (Wildman–Crippen MR) is 106 cm³/mol. The number of carbonyl (C=O) groups is 1. The van der Waals surface area contributed by atoms with Crippen LogP contribution in [-0.2, 0) is 11.3 Å². The van der Waals surface area contributed by atoms with Crippen LogP contribution in [0.4, 0.5) is 8.78 Å². The zero-order chi connectivity index (χ0) is 20.6. The van der Waals surface area contributed by atoms with E-state index in [-0.39, 0.29) is 11.5 Å². The number of halogens is 2. The third-order valence-corrected chi connectivity index (χ3v) is 4.59. The minimum Gasteiger partial charge on any atom is -0.496 e. The Hall–Kier alpha value is -2.77. The molecular weight excluding hydrogens is 380 g/mol. The second-order valence-electron chi connectivity index (χ2n) is 6.56. The molecule has 0 aliphatic carbocycles. The quantitative estimate of drug-likeness (QED) is 0.492. The number of ketones is 1. The molecule has 1 heterocycles. The second kappa shape index (κ2) is 10.1. The summed E-state index contributed by atoms with van der Waals surface area (Å²) in [5.74, 6) is 0.595. The Kier molecular flexibility index (Phi) is 7.32. The van der Waals surface area contributed by atoms with Gasteiger partial charge in [0.15, 0.2) is 5.78 Å². The zero-order valence-electron chi connectivity index (χ0n) is 16.1. The average molecular weight is 403 g/mol. The summed E-state index contributed by atoms with van der Waals surface area (Å²) in [7, 11) is 1.64. The molecule has 0 aromatic heterocycles. The van der Waals surface area contributed by atoms with Crippen LogP contribution in [0.1, 0.15) is 21.5 Å². The summed E-state index contributed by atoms with van der Waals surface area (Å²) in [5, 5.41) is 0. The second-order valence-corrected chi connectivity index (χ2v) is 6.56. The molecule has 154 valence electrons. The van der Waals surface area contributed by atoms with E-state index in [9.17, 15) is 13.6 Å². The van der Waals surface area contributed by atoms with Crippen LogP contribution >= 0.6 is 0 Å². The molecule has 0 amide bonds. The Bertz CT molecular complexity index is 846. The molecule has 2 aromatic rings. The lowest BCUT2D eigenvalue weighted by atomic mass is 10.1. The molecule has 0 spiro atoms. The van der Waals surface area contributed by atoms with Gasteiger partial charge in [-0.2, -0.15) is 8.78 Å². The van der Waals surface area contributed by atoms with Crippen LogP contribution in [0.5, 0.6) is 11.5 Å². The van der Waals surface area contributed by atoms with Crippen molar-refractivity contribution in [1.29, 1.82) is 0 Å². The minimum absolute atomic E-state index is 0.0171. The lowest BCUT2D eigenvalue weighted by Gasteiger charge is -2.27. The highest BCUT2D eigenvalue weighted by Gasteiger charge is 2.13. The number of rotatable bonds is 8. The molecule has 0 saturated carbocycles. The van der Waals surface area contributed by atoms with Crippen LogP contribution in [0.15, 0.2) is 48.5 Å². The normalized spacial score (nSPS) is 15.0. The number of nitrogens with zero attached hydrogens (tertiary/aromatic N) is 1. The molecule has 0 bridgehead atoms. The Balaban J connectivity index is 1.68. The Labute approximate surface area is 168 Å². The van der Waals surface area contributed by atoms with Gasteiger partial charge in [-0.25, -0.2) is 0 Å². The van der Waals surface area contributed by atoms with E-state index in [0.29, 0.717) is 5.56 Å². The van der Waals surface area contributed by atoms with Crippen molar-refractivity contribution in [3.63, 3.8) is 0 Å². The maximum absolute atomic E-state index is 12.4. The minimum atomic E-state index is -2.89. The molecule has 5 nitrogen and oxygen atoms in total. The molecule has 0 unspecified atom stereocenters. The van der Waals surface area contributed by atoms with Gasteiger partial charge in [-0.05, 0) is 48.0 Å². The molecule has 1 fully saturated rings. The summed E-state index contributed by atoms with van der Waals surface area (Å²) in [6.45, 7) is 1.03. The van der Waals surface area contributed by atoms with E-state index >= 15 is 0 Å². The summed E-state index contributed by atoms with van der Waals surface area (Å²) < 4.78 is 39.5. The molecular formula is C22H23F2NO4. The summed E-state index contributed by atoms with van der Waals surface area (Å²) in [6.07, 6.45) is 3.19. The van der Waals surface area contributed by atoms with Gasteiger partial charge in [-0.1, -0.05) is 12.1 Å². The summed E-state index contributed by atoms with van der Waals surface area (Å²) in [5.41, 5.74) is 2.31. The first kappa shape index (κ1) is 21.0. The molecule has 2 aromatic carbocycles. The van der Waals surface area contributed by atoms with E-state index < -0.39 is 6.61 Å². The van der Waals surface area contributed by atoms with E-state index in [1.54, 1.807) is 13.2 Å². The number of alkyl halides is 2. The third-order valence-electron chi connectivity index (χ3n) is 4.59. The number of hydrogen-bond donors (Lipinski definition) is 0. The van der Waals surface area contributed by atoms with Gasteiger partial charge in [0, 0.05) is 30.8 Å². The zero-order valence-corrected chi connectivity index (χ0v) is 16.1. The lowest BCUT2D eigenvalue weighted by Crippen LogP contribution is -2.35. The van der Waals surface area contributed by atoms with Crippen molar-refractivity contribution >= 4 is 11.9 Å².